The average molecular weight is 239 g/mol. The van der Waals surface area contributed by atoms with Crippen LogP contribution >= 0.6 is 11.6 Å². The summed E-state index contributed by atoms with van der Waals surface area (Å²) in [6.45, 7) is 0.919. The molecule has 1 aromatic carbocycles. The van der Waals surface area contributed by atoms with Gasteiger partial charge in [-0.1, -0.05) is 0 Å². The highest BCUT2D eigenvalue weighted by Gasteiger charge is 2.24. The zero-order valence-corrected chi connectivity index (χ0v) is 9.54. The molecule has 0 spiro atoms. The van der Waals surface area contributed by atoms with Gasteiger partial charge in [0.15, 0.2) is 0 Å². The van der Waals surface area contributed by atoms with Crippen LogP contribution in [0.25, 0.3) is 11.0 Å². The Bertz CT molecular complexity index is 531. The molecule has 1 aromatic heterocycles. The molecule has 2 nitrogen and oxygen atoms in total. The lowest BCUT2D eigenvalue weighted by Crippen LogP contribution is -2.03. The number of fused-ring (bicyclic) bond motifs is 1. The van der Waals surface area contributed by atoms with E-state index in [9.17, 15) is 4.39 Å². The lowest BCUT2D eigenvalue weighted by atomic mass is 10.3. The van der Waals surface area contributed by atoms with Crippen LogP contribution in [0.2, 0.25) is 0 Å². The maximum absolute atomic E-state index is 13.2. The number of hydrogen-bond donors (Lipinski definition) is 0. The van der Waals surface area contributed by atoms with Crippen LogP contribution in [0.4, 0.5) is 4.39 Å². The van der Waals surface area contributed by atoms with Gasteiger partial charge in [0.1, 0.15) is 11.6 Å². The van der Waals surface area contributed by atoms with Gasteiger partial charge in [0.05, 0.1) is 16.9 Å². The van der Waals surface area contributed by atoms with E-state index >= 15 is 0 Å². The van der Waals surface area contributed by atoms with Crippen molar-refractivity contribution in [2.24, 2.45) is 5.92 Å². The van der Waals surface area contributed by atoms with Gasteiger partial charge < -0.3 is 4.57 Å². The van der Waals surface area contributed by atoms with Gasteiger partial charge in [-0.2, -0.15) is 0 Å². The van der Waals surface area contributed by atoms with Crippen molar-refractivity contribution in [1.82, 2.24) is 9.55 Å². The SMILES string of the molecule is Fc1ccc2nc(CCl)n(CC3CC3)c2c1. The minimum atomic E-state index is -0.217. The fraction of sp³-hybridized carbons (Fsp3) is 0.417. The number of imidazole rings is 1. The molecule has 0 atom stereocenters. The molecule has 0 radical (unpaired) electrons. The van der Waals surface area contributed by atoms with Gasteiger partial charge in [0.25, 0.3) is 0 Å². The molecule has 1 saturated carbocycles. The standard InChI is InChI=1S/C12H12ClFN2/c13-6-12-15-10-4-3-9(14)5-11(10)16(12)7-8-1-2-8/h3-5,8H,1-2,6-7H2. The molecule has 0 unspecified atom stereocenters. The maximum Gasteiger partial charge on any atom is 0.125 e. The summed E-state index contributed by atoms with van der Waals surface area (Å²) in [5, 5.41) is 0. The van der Waals surface area contributed by atoms with Crippen molar-refractivity contribution in [3.05, 3.63) is 29.8 Å². The smallest absolute Gasteiger partial charge is 0.125 e. The fourth-order valence-corrected chi connectivity index (χ4v) is 2.21. The molecule has 84 valence electrons. The molecular weight excluding hydrogens is 227 g/mol. The second kappa shape index (κ2) is 3.74. The van der Waals surface area contributed by atoms with Crippen LogP contribution in [0.5, 0.6) is 0 Å². The Kier molecular flexibility index (Phi) is 2.36. The molecule has 1 fully saturated rings. The first kappa shape index (κ1) is 10.1. The first-order chi connectivity index (χ1) is 7.78. The molecule has 3 rings (SSSR count). The highest BCUT2D eigenvalue weighted by Crippen LogP contribution is 2.32. The Labute approximate surface area is 98.0 Å². The van der Waals surface area contributed by atoms with Crippen molar-refractivity contribution in [3.63, 3.8) is 0 Å². The molecular formula is C12H12ClFN2. The van der Waals surface area contributed by atoms with Crippen LogP contribution in [0.3, 0.4) is 0 Å². The summed E-state index contributed by atoms with van der Waals surface area (Å²) in [5.74, 6) is 1.73. The van der Waals surface area contributed by atoms with Crippen LogP contribution in [0.15, 0.2) is 18.2 Å². The van der Waals surface area contributed by atoms with E-state index in [1.807, 2.05) is 0 Å². The Balaban J connectivity index is 2.15. The monoisotopic (exact) mass is 238 g/mol. The van der Waals surface area contributed by atoms with Gasteiger partial charge in [-0.05, 0) is 37.0 Å². The predicted molar refractivity (Wildman–Crippen MR) is 62.0 cm³/mol. The summed E-state index contributed by atoms with van der Waals surface area (Å²) in [6.07, 6.45) is 2.52. The van der Waals surface area contributed by atoms with Crippen molar-refractivity contribution >= 4 is 22.6 Å². The predicted octanol–water partition coefficient (Wildman–Crippen LogP) is 3.32. The number of nitrogens with zero attached hydrogens (tertiary/aromatic N) is 2. The Morgan fingerprint density at radius 2 is 2.25 bits per heavy atom. The molecule has 4 heteroatoms. The normalized spacial score (nSPS) is 15.9. The van der Waals surface area contributed by atoms with Gasteiger partial charge in [0.2, 0.25) is 0 Å². The third-order valence-electron chi connectivity index (χ3n) is 3.05. The van der Waals surface area contributed by atoms with E-state index < -0.39 is 0 Å². The first-order valence-corrected chi connectivity index (χ1v) is 6.02. The first-order valence-electron chi connectivity index (χ1n) is 5.48. The van der Waals surface area contributed by atoms with Crippen LogP contribution < -0.4 is 0 Å². The second-order valence-corrected chi connectivity index (χ2v) is 4.62. The molecule has 1 heterocycles. The third kappa shape index (κ3) is 1.69. The maximum atomic E-state index is 13.2. The van der Waals surface area contributed by atoms with Gasteiger partial charge in [-0.3, -0.25) is 0 Å². The molecule has 16 heavy (non-hydrogen) atoms. The van der Waals surface area contributed by atoms with Crippen molar-refractivity contribution in [3.8, 4) is 0 Å². The molecule has 0 aliphatic heterocycles. The number of aromatic nitrogens is 2. The van der Waals surface area contributed by atoms with Gasteiger partial charge in [0, 0.05) is 6.54 Å². The van der Waals surface area contributed by atoms with Gasteiger partial charge in [-0.15, -0.1) is 11.6 Å². The number of halogens is 2. The summed E-state index contributed by atoms with van der Waals surface area (Å²) >= 11 is 5.87. The van der Waals surface area contributed by atoms with E-state index in [0.717, 1.165) is 29.3 Å². The number of hydrogen-bond acceptors (Lipinski definition) is 1. The Morgan fingerprint density at radius 1 is 1.44 bits per heavy atom. The summed E-state index contributed by atoms with van der Waals surface area (Å²) in [4.78, 5) is 4.42. The lowest BCUT2D eigenvalue weighted by Gasteiger charge is -2.05. The molecule has 0 saturated heterocycles. The second-order valence-electron chi connectivity index (χ2n) is 4.35. The summed E-state index contributed by atoms with van der Waals surface area (Å²) in [6, 6.07) is 4.69. The number of benzene rings is 1. The van der Waals surface area contributed by atoms with Crippen molar-refractivity contribution in [2.75, 3.05) is 0 Å². The van der Waals surface area contributed by atoms with Gasteiger partial charge >= 0.3 is 0 Å². The van der Waals surface area contributed by atoms with Crippen LogP contribution in [-0.4, -0.2) is 9.55 Å². The summed E-state index contributed by atoms with van der Waals surface area (Å²) in [7, 11) is 0. The molecule has 0 bridgehead atoms. The van der Waals surface area contributed by atoms with E-state index in [-0.39, 0.29) is 5.82 Å². The zero-order chi connectivity index (χ0) is 11.1. The van der Waals surface area contributed by atoms with E-state index in [4.69, 9.17) is 11.6 Å². The summed E-state index contributed by atoms with van der Waals surface area (Å²) in [5.41, 5.74) is 1.69. The van der Waals surface area contributed by atoms with Gasteiger partial charge in [-0.25, -0.2) is 9.37 Å². The highest BCUT2D eigenvalue weighted by molar-refractivity contribution is 6.16. The topological polar surface area (TPSA) is 17.8 Å². The van der Waals surface area contributed by atoms with E-state index in [2.05, 4.69) is 9.55 Å². The van der Waals surface area contributed by atoms with Crippen LogP contribution in [0.1, 0.15) is 18.7 Å². The minimum absolute atomic E-state index is 0.217. The molecule has 1 aliphatic carbocycles. The fourth-order valence-electron chi connectivity index (χ4n) is 2.01. The van der Waals surface area contributed by atoms with Crippen LogP contribution in [0, 0.1) is 11.7 Å². The number of rotatable bonds is 3. The van der Waals surface area contributed by atoms with Crippen molar-refractivity contribution in [1.29, 1.82) is 0 Å². The molecule has 1 aliphatic rings. The quantitative estimate of drug-likeness (QED) is 0.750. The Hall–Kier alpha value is -1.09. The van der Waals surface area contributed by atoms with Crippen LogP contribution in [-0.2, 0) is 12.4 Å². The highest BCUT2D eigenvalue weighted by atomic mass is 35.5. The minimum Gasteiger partial charge on any atom is -0.327 e. The molecule has 0 N–H and O–H groups in total. The van der Waals surface area contributed by atoms with E-state index in [1.165, 1.54) is 18.9 Å². The average Bonchev–Trinajstić information content (AvgIpc) is 3.02. The summed E-state index contributed by atoms with van der Waals surface area (Å²) < 4.78 is 15.3. The number of alkyl halides is 1. The largest absolute Gasteiger partial charge is 0.327 e. The van der Waals surface area contributed by atoms with Crippen molar-refractivity contribution < 1.29 is 4.39 Å². The molecule has 0 amide bonds. The zero-order valence-electron chi connectivity index (χ0n) is 8.79. The molecule has 2 aromatic rings. The van der Waals surface area contributed by atoms with Crippen molar-refractivity contribution in [2.45, 2.75) is 25.3 Å². The lowest BCUT2D eigenvalue weighted by molar-refractivity contribution is 0.613. The third-order valence-corrected chi connectivity index (χ3v) is 3.29. The Morgan fingerprint density at radius 3 is 2.94 bits per heavy atom. The van der Waals surface area contributed by atoms with E-state index in [0.29, 0.717) is 5.88 Å². The van der Waals surface area contributed by atoms with E-state index in [1.54, 1.807) is 12.1 Å².